The molecular weight excluding hydrogens is 208 g/mol. The van der Waals surface area contributed by atoms with Gasteiger partial charge in [-0.3, -0.25) is 9.59 Å². The molecule has 1 saturated heterocycles. The fraction of sp³-hybridized carbons (Fsp3) is 0.818. The Morgan fingerprint density at radius 3 is 2.50 bits per heavy atom. The number of carboxylic acid groups (broad SMARTS) is 1. The lowest BCUT2D eigenvalue weighted by molar-refractivity contribution is -0.149. The average molecular weight is 228 g/mol. The molecule has 0 radical (unpaired) electrons. The van der Waals surface area contributed by atoms with Gasteiger partial charge in [0.2, 0.25) is 5.91 Å². The highest BCUT2D eigenvalue weighted by Gasteiger charge is 2.31. The van der Waals surface area contributed by atoms with E-state index in [0.29, 0.717) is 13.1 Å². The van der Waals surface area contributed by atoms with E-state index in [4.69, 9.17) is 10.8 Å². The number of nitrogens with two attached hydrogens (primary N) is 1. The first kappa shape index (κ1) is 13.0. The van der Waals surface area contributed by atoms with Crippen molar-refractivity contribution in [1.29, 1.82) is 0 Å². The largest absolute Gasteiger partial charge is 0.481 e. The van der Waals surface area contributed by atoms with Crippen LogP contribution in [-0.4, -0.2) is 41.0 Å². The molecule has 1 aliphatic heterocycles. The van der Waals surface area contributed by atoms with Crippen LogP contribution in [0.15, 0.2) is 0 Å². The van der Waals surface area contributed by atoms with E-state index in [0.717, 1.165) is 12.8 Å². The Morgan fingerprint density at radius 1 is 1.38 bits per heavy atom. The Bertz CT molecular complexity index is 280. The van der Waals surface area contributed by atoms with E-state index in [2.05, 4.69) is 0 Å². The second-order valence-corrected chi connectivity index (χ2v) is 4.60. The molecule has 16 heavy (non-hydrogen) atoms. The van der Waals surface area contributed by atoms with Crippen LogP contribution in [0.3, 0.4) is 0 Å². The predicted molar refractivity (Wildman–Crippen MR) is 59.8 cm³/mol. The smallest absolute Gasteiger partial charge is 0.307 e. The molecular formula is C11H20N2O3. The molecule has 1 rings (SSSR count). The van der Waals surface area contributed by atoms with Crippen molar-refractivity contribution in [3.63, 3.8) is 0 Å². The van der Waals surface area contributed by atoms with E-state index >= 15 is 0 Å². The molecule has 1 amide bonds. The van der Waals surface area contributed by atoms with Gasteiger partial charge in [-0.15, -0.1) is 0 Å². The molecule has 0 saturated carbocycles. The summed E-state index contributed by atoms with van der Waals surface area (Å²) >= 11 is 0. The zero-order valence-corrected chi connectivity index (χ0v) is 9.85. The number of likely N-dealkylation sites (tertiary alicyclic amines) is 1. The second kappa shape index (κ2) is 5.30. The highest BCUT2D eigenvalue weighted by molar-refractivity contribution is 5.84. The fourth-order valence-corrected chi connectivity index (χ4v) is 1.93. The molecule has 0 aromatic heterocycles. The molecule has 3 unspecified atom stereocenters. The summed E-state index contributed by atoms with van der Waals surface area (Å²) in [5.74, 6) is -2.15. The summed E-state index contributed by atoms with van der Waals surface area (Å²) in [6.45, 7) is 4.48. The first-order chi connectivity index (χ1) is 7.43. The Hall–Kier alpha value is -1.10. The number of hydrogen-bond donors (Lipinski definition) is 2. The van der Waals surface area contributed by atoms with Crippen LogP contribution in [0.4, 0.5) is 0 Å². The van der Waals surface area contributed by atoms with E-state index in [-0.39, 0.29) is 11.9 Å². The first-order valence-electron chi connectivity index (χ1n) is 5.70. The minimum Gasteiger partial charge on any atom is -0.481 e. The van der Waals surface area contributed by atoms with Gasteiger partial charge in [-0.25, -0.2) is 0 Å². The number of carbonyl (C=O) groups is 2. The van der Waals surface area contributed by atoms with Crippen molar-refractivity contribution in [1.82, 2.24) is 4.90 Å². The number of aliphatic carboxylic acids is 1. The zero-order chi connectivity index (χ0) is 12.3. The van der Waals surface area contributed by atoms with Crippen molar-refractivity contribution < 1.29 is 14.7 Å². The summed E-state index contributed by atoms with van der Waals surface area (Å²) in [6, 6.07) is 0.0324. The van der Waals surface area contributed by atoms with Gasteiger partial charge in [-0.05, 0) is 12.8 Å². The molecule has 0 aromatic rings. The fourth-order valence-electron chi connectivity index (χ4n) is 1.93. The van der Waals surface area contributed by atoms with E-state index in [1.54, 1.807) is 18.7 Å². The van der Waals surface area contributed by atoms with Crippen LogP contribution >= 0.6 is 0 Å². The number of rotatable bonds is 3. The van der Waals surface area contributed by atoms with Gasteiger partial charge in [0.05, 0.1) is 5.92 Å². The molecule has 3 N–H and O–H groups in total. The Morgan fingerprint density at radius 2 is 2.00 bits per heavy atom. The highest BCUT2D eigenvalue weighted by Crippen LogP contribution is 2.17. The normalized spacial score (nSPS) is 24.9. The van der Waals surface area contributed by atoms with Gasteiger partial charge in [-0.2, -0.15) is 0 Å². The maximum absolute atomic E-state index is 12.0. The Kier molecular flexibility index (Phi) is 4.29. The summed E-state index contributed by atoms with van der Waals surface area (Å²) < 4.78 is 0. The van der Waals surface area contributed by atoms with Crippen molar-refractivity contribution in [2.24, 2.45) is 17.6 Å². The van der Waals surface area contributed by atoms with Gasteiger partial charge in [0.15, 0.2) is 0 Å². The monoisotopic (exact) mass is 228 g/mol. The molecule has 0 bridgehead atoms. The van der Waals surface area contributed by atoms with Gasteiger partial charge in [0.25, 0.3) is 0 Å². The van der Waals surface area contributed by atoms with Gasteiger partial charge < -0.3 is 15.7 Å². The van der Waals surface area contributed by atoms with Crippen LogP contribution in [0.2, 0.25) is 0 Å². The molecule has 5 heteroatoms. The van der Waals surface area contributed by atoms with Crippen LogP contribution < -0.4 is 5.73 Å². The average Bonchev–Trinajstić information content (AvgIpc) is 2.26. The van der Waals surface area contributed by atoms with E-state index in [1.807, 2.05) is 0 Å². The van der Waals surface area contributed by atoms with Crippen molar-refractivity contribution in [2.45, 2.75) is 32.7 Å². The molecule has 0 spiro atoms. The van der Waals surface area contributed by atoms with Gasteiger partial charge in [0, 0.05) is 25.0 Å². The molecule has 1 aliphatic rings. The van der Waals surface area contributed by atoms with Crippen molar-refractivity contribution in [2.75, 3.05) is 13.1 Å². The summed E-state index contributed by atoms with van der Waals surface area (Å²) in [5.41, 5.74) is 5.79. The molecule has 0 aliphatic carbocycles. The van der Waals surface area contributed by atoms with Crippen molar-refractivity contribution in [3.05, 3.63) is 0 Å². The summed E-state index contributed by atoms with van der Waals surface area (Å²) in [4.78, 5) is 24.5. The van der Waals surface area contributed by atoms with Gasteiger partial charge in [-0.1, -0.05) is 13.8 Å². The molecule has 0 aromatic carbocycles. The number of nitrogens with zero attached hydrogens (tertiary/aromatic N) is 1. The number of carboxylic acids is 1. The maximum Gasteiger partial charge on any atom is 0.307 e. The third-order valence-electron chi connectivity index (χ3n) is 3.30. The van der Waals surface area contributed by atoms with Crippen LogP contribution in [0.5, 0.6) is 0 Å². The number of piperidine rings is 1. The summed E-state index contributed by atoms with van der Waals surface area (Å²) in [6.07, 6.45) is 1.84. The third kappa shape index (κ3) is 2.95. The lowest BCUT2D eigenvalue weighted by atomic mass is 9.93. The standard InChI is InChI=1S/C11H20N2O3/c1-7(8(2)11(15)16)10(14)13-5-3-4-9(12)6-13/h7-9H,3-6,12H2,1-2H3,(H,15,16). The van der Waals surface area contributed by atoms with Crippen LogP contribution in [0.25, 0.3) is 0 Å². The SMILES string of the molecule is CC(C(=O)O)C(C)C(=O)N1CCCC(N)C1. The molecule has 1 fully saturated rings. The lowest BCUT2D eigenvalue weighted by Gasteiger charge is -2.33. The van der Waals surface area contributed by atoms with Crippen LogP contribution in [-0.2, 0) is 9.59 Å². The molecule has 3 atom stereocenters. The third-order valence-corrected chi connectivity index (χ3v) is 3.30. The predicted octanol–water partition coefficient (Wildman–Crippen LogP) is 0.293. The van der Waals surface area contributed by atoms with Gasteiger partial charge >= 0.3 is 5.97 Å². The minimum atomic E-state index is -0.929. The number of amides is 1. The Balaban J connectivity index is 2.59. The van der Waals surface area contributed by atoms with E-state index < -0.39 is 17.8 Å². The minimum absolute atomic E-state index is 0.0324. The summed E-state index contributed by atoms with van der Waals surface area (Å²) in [5, 5.41) is 8.86. The topological polar surface area (TPSA) is 83.6 Å². The Labute approximate surface area is 95.6 Å². The van der Waals surface area contributed by atoms with E-state index in [9.17, 15) is 9.59 Å². The van der Waals surface area contributed by atoms with Crippen LogP contribution in [0.1, 0.15) is 26.7 Å². The van der Waals surface area contributed by atoms with E-state index in [1.165, 1.54) is 0 Å². The number of carbonyl (C=O) groups excluding carboxylic acids is 1. The molecule has 92 valence electrons. The second-order valence-electron chi connectivity index (χ2n) is 4.60. The maximum atomic E-state index is 12.0. The van der Waals surface area contributed by atoms with Crippen LogP contribution in [0, 0.1) is 11.8 Å². The first-order valence-corrected chi connectivity index (χ1v) is 5.70. The highest BCUT2D eigenvalue weighted by atomic mass is 16.4. The summed E-state index contributed by atoms with van der Waals surface area (Å²) in [7, 11) is 0. The quantitative estimate of drug-likeness (QED) is 0.727. The zero-order valence-electron chi connectivity index (χ0n) is 9.85. The molecule has 5 nitrogen and oxygen atoms in total. The lowest BCUT2D eigenvalue weighted by Crippen LogP contribution is -2.48. The number of hydrogen-bond acceptors (Lipinski definition) is 3. The van der Waals surface area contributed by atoms with Crippen molar-refractivity contribution >= 4 is 11.9 Å². The van der Waals surface area contributed by atoms with Crippen molar-refractivity contribution in [3.8, 4) is 0 Å². The molecule has 1 heterocycles. The van der Waals surface area contributed by atoms with Gasteiger partial charge in [0.1, 0.15) is 0 Å².